The maximum atomic E-state index is 12.6. The van der Waals surface area contributed by atoms with E-state index >= 15 is 0 Å². The summed E-state index contributed by atoms with van der Waals surface area (Å²) in [7, 11) is 0. The van der Waals surface area contributed by atoms with Crippen molar-refractivity contribution in [1.29, 1.82) is 0 Å². The Morgan fingerprint density at radius 3 is 2.62 bits per heavy atom. The minimum Gasteiger partial charge on any atom is -0.347 e. The molecule has 3 rings (SSSR count). The first-order chi connectivity index (χ1) is 12.5. The number of benzene rings is 1. The molecule has 2 heterocycles. The highest BCUT2D eigenvalue weighted by molar-refractivity contribution is 6.33. The highest BCUT2D eigenvalue weighted by atomic mass is 35.5. The Labute approximate surface area is 159 Å². The predicted octanol–water partition coefficient (Wildman–Crippen LogP) is 3.78. The topological polar surface area (TPSA) is 58.1 Å². The fourth-order valence-corrected chi connectivity index (χ4v) is 3.32. The predicted molar refractivity (Wildman–Crippen MR) is 103 cm³/mol. The molecule has 1 aliphatic rings. The fourth-order valence-electron chi connectivity index (χ4n) is 3.14. The van der Waals surface area contributed by atoms with Crippen LogP contribution in [0.2, 0.25) is 5.02 Å². The van der Waals surface area contributed by atoms with Gasteiger partial charge in [0.15, 0.2) is 0 Å². The Morgan fingerprint density at radius 1 is 1.23 bits per heavy atom. The molecular weight excluding hydrogens is 348 g/mol. The van der Waals surface area contributed by atoms with Crippen LogP contribution in [-0.2, 0) is 13.1 Å². The number of hydrogen-bond donors (Lipinski definition) is 1. The van der Waals surface area contributed by atoms with E-state index in [0.29, 0.717) is 12.4 Å². The molecule has 1 aromatic carbocycles. The largest absolute Gasteiger partial charge is 0.347 e. The van der Waals surface area contributed by atoms with Crippen LogP contribution in [0.1, 0.15) is 60.0 Å². The van der Waals surface area contributed by atoms with Gasteiger partial charge in [0.2, 0.25) is 0 Å². The molecule has 0 atom stereocenters. The van der Waals surface area contributed by atoms with E-state index in [9.17, 15) is 4.79 Å². The molecule has 1 aliphatic heterocycles. The number of likely N-dealkylation sites (tertiary alicyclic amines) is 1. The fraction of sp³-hybridized carbons (Fsp3) is 0.450. The van der Waals surface area contributed by atoms with Gasteiger partial charge in [-0.15, -0.1) is 0 Å². The molecular formula is C20H25ClN4O. The molecule has 138 valence electrons. The SMILES string of the molecule is CC(C)c1ncc(Cl)c(C(=O)NCc2ccccc2CN2CCCC2)n1. The van der Waals surface area contributed by atoms with Gasteiger partial charge in [0.05, 0.1) is 11.2 Å². The number of carbonyl (C=O) groups is 1. The summed E-state index contributed by atoms with van der Waals surface area (Å²) < 4.78 is 0. The van der Waals surface area contributed by atoms with E-state index in [1.165, 1.54) is 24.6 Å². The zero-order chi connectivity index (χ0) is 18.5. The summed E-state index contributed by atoms with van der Waals surface area (Å²) in [5, 5.41) is 3.23. The van der Waals surface area contributed by atoms with Crippen molar-refractivity contribution in [2.24, 2.45) is 0 Å². The molecule has 1 aromatic heterocycles. The lowest BCUT2D eigenvalue weighted by molar-refractivity contribution is 0.0945. The summed E-state index contributed by atoms with van der Waals surface area (Å²) in [5.41, 5.74) is 2.62. The molecule has 1 N–H and O–H groups in total. The van der Waals surface area contributed by atoms with Gasteiger partial charge in [-0.3, -0.25) is 9.69 Å². The van der Waals surface area contributed by atoms with Crippen molar-refractivity contribution >= 4 is 17.5 Å². The molecule has 0 bridgehead atoms. The van der Waals surface area contributed by atoms with Crippen molar-refractivity contribution in [3.63, 3.8) is 0 Å². The Bertz CT molecular complexity index is 772. The average Bonchev–Trinajstić information content (AvgIpc) is 3.14. The minimum atomic E-state index is -0.268. The Kier molecular flexibility index (Phi) is 6.22. The van der Waals surface area contributed by atoms with Crippen LogP contribution in [0.4, 0.5) is 0 Å². The normalized spacial score (nSPS) is 14.8. The van der Waals surface area contributed by atoms with Gasteiger partial charge in [-0.25, -0.2) is 9.97 Å². The summed E-state index contributed by atoms with van der Waals surface area (Å²) in [6.45, 7) is 7.65. The molecule has 0 radical (unpaired) electrons. The number of halogens is 1. The standard InChI is InChI=1S/C20H25ClN4O/c1-14(2)19-22-12-17(21)18(24-19)20(26)23-11-15-7-3-4-8-16(15)13-25-9-5-6-10-25/h3-4,7-8,12,14H,5-6,9-11,13H2,1-2H3,(H,23,26). The maximum Gasteiger partial charge on any atom is 0.271 e. The van der Waals surface area contributed by atoms with Gasteiger partial charge in [-0.2, -0.15) is 0 Å². The summed E-state index contributed by atoms with van der Waals surface area (Å²) in [4.78, 5) is 23.5. The molecule has 1 amide bonds. The third-order valence-corrected chi connectivity index (χ3v) is 4.92. The van der Waals surface area contributed by atoms with Crippen molar-refractivity contribution in [3.8, 4) is 0 Å². The Morgan fingerprint density at radius 2 is 1.92 bits per heavy atom. The number of hydrogen-bond acceptors (Lipinski definition) is 4. The number of amides is 1. The number of rotatable bonds is 6. The summed E-state index contributed by atoms with van der Waals surface area (Å²) >= 11 is 6.13. The monoisotopic (exact) mass is 372 g/mol. The van der Waals surface area contributed by atoms with E-state index in [2.05, 4.69) is 32.3 Å². The zero-order valence-corrected chi connectivity index (χ0v) is 16.1. The molecule has 0 saturated carbocycles. The lowest BCUT2D eigenvalue weighted by Gasteiger charge is -2.18. The van der Waals surface area contributed by atoms with Crippen molar-refractivity contribution in [2.45, 2.75) is 45.7 Å². The summed E-state index contributed by atoms with van der Waals surface area (Å²) in [5.74, 6) is 0.490. The van der Waals surface area contributed by atoms with Crippen LogP contribution in [0.25, 0.3) is 0 Å². The van der Waals surface area contributed by atoms with E-state index in [1.54, 1.807) is 0 Å². The van der Waals surface area contributed by atoms with Crippen LogP contribution in [0, 0.1) is 0 Å². The van der Waals surface area contributed by atoms with Crippen LogP contribution < -0.4 is 5.32 Å². The molecule has 1 saturated heterocycles. The van der Waals surface area contributed by atoms with Gasteiger partial charge in [-0.05, 0) is 37.1 Å². The molecule has 0 unspecified atom stereocenters. The van der Waals surface area contributed by atoms with Crippen molar-refractivity contribution in [2.75, 3.05) is 13.1 Å². The third kappa shape index (κ3) is 4.59. The van der Waals surface area contributed by atoms with Gasteiger partial charge in [0.1, 0.15) is 11.5 Å². The summed E-state index contributed by atoms with van der Waals surface area (Å²) in [6, 6.07) is 8.25. The van der Waals surface area contributed by atoms with Crippen molar-refractivity contribution in [1.82, 2.24) is 20.2 Å². The van der Waals surface area contributed by atoms with E-state index < -0.39 is 0 Å². The zero-order valence-electron chi connectivity index (χ0n) is 15.3. The second kappa shape index (κ2) is 8.60. The molecule has 2 aromatic rings. The smallest absolute Gasteiger partial charge is 0.271 e. The number of carbonyl (C=O) groups excluding carboxylic acids is 1. The third-order valence-electron chi connectivity index (χ3n) is 4.64. The van der Waals surface area contributed by atoms with Gasteiger partial charge in [0, 0.05) is 19.0 Å². The highest BCUT2D eigenvalue weighted by Gasteiger charge is 2.17. The first-order valence-electron chi connectivity index (χ1n) is 9.14. The van der Waals surface area contributed by atoms with Crippen LogP contribution in [-0.4, -0.2) is 33.9 Å². The molecule has 6 heteroatoms. The van der Waals surface area contributed by atoms with Crippen molar-refractivity contribution < 1.29 is 4.79 Å². The second-order valence-corrected chi connectivity index (χ2v) is 7.42. The van der Waals surface area contributed by atoms with Gasteiger partial charge >= 0.3 is 0 Å². The lowest BCUT2D eigenvalue weighted by Crippen LogP contribution is -2.26. The van der Waals surface area contributed by atoms with Gasteiger partial charge in [0.25, 0.3) is 5.91 Å². The molecule has 0 aliphatic carbocycles. The first kappa shape index (κ1) is 18.8. The average molecular weight is 373 g/mol. The summed E-state index contributed by atoms with van der Waals surface area (Å²) in [6.07, 6.45) is 4.03. The van der Waals surface area contributed by atoms with Crippen molar-refractivity contribution in [3.05, 3.63) is 58.1 Å². The second-order valence-electron chi connectivity index (χ2n) is 7.01. The Hall–Kier alpha value is -1.98. The molecule has 1 fully saturated rings. The van der Waals surface area contributed by atoms with Crippen LogP contribution in [0.15, 0.2) is 30.5 Å². The van der Waals surface area contributed by atoms with Gasteiger partial charge in [-0.1, -0.05) is 49.7 Å². The first-order valence-corrected chi connectivity index (χ1v) is 9.52. The molecule has 26 heavy (non-hydrogen) atoms. The quantitative estimate of drug-likeness (QED) is 0.838. The van der Waals surface area contributed by atoms with Crippen LogP contribution in [0.5, 0.6) is 0 Å². The number of aromatic nitrogens is 2. The van der Waals surface area contributed by atoms with Crippen LogP contribution >= 0.6 is 11.6 Å². The van der Waals surface area contributed by atoms with Gasteiger partial charge < -0.3 is 5.32 Å². The van der Waals surface area contributed by atoms with E-state index in [4.69, 9.17) is 11.6 Å². The minimum absolute atomic E-state index is 0.139. The van der Waals surface area contributed by atoms with E-state index in [0.717, 1.165) is 25.2 Å². The highest BCUT2D eigenvalue weighted by Crippen LogP contribution is 2.18. The number of nitrogens with zero attached hydrogens (tertiary/aromatic N) is 3. The lowest BCUT2D eigenvalue weighted by atomic mass is 10.1. The molecule has 5 nitrogen and oxygen atoms in total. The van der Waals surface area contributed by atoms with E-state index in [1.807, 2.05) is 26.0 Å². The molecule has 0 spiro atoms. The van der Waals surface area contributed by atoms with E-state index in [-0.39, 0.29) is 22.5 Å². The number of nitrogens with one attached hydrogen (secondary N) is 1. The van der Waals surface area contributed by atoms with Crippen LogP contribution in [0.3, 0.4) is 0 Å². The maximum absolute atomic E-state index is 12.6. The Balaban J connectivity index is 1.69.